The van der Waals surface area contributed by atoms with Crippen molar-refractivity contribution in [1.29, 1.82) is 0 Å². The number of amides is 1. The van der Waals surface area contributed by atoms with Crippen LogP contribution in [0.1, 0.15) is 25.3 Å². The molecule has 1 N–H and O–H groups in total. The summed E-state index contributed by atoms with van der Waals surface area (Å²) >= 11 is 0. The van der Waals surface area contributed by atoms with E-state index in [1.165, 1.54) is 10.4 Å². The van der Waals surface area contributed by atoms with Crippen molar-refractivity contribution in [2.24, 2.45) is 0 Å². The van der Waals surface area contributed by atoms with Gasteiger partial charge in [-0.15, -0.1) is 0 Å². The lowest BCUT2D eigenvalue weighted by molar-refractivity contribution is -0.116. The molecule has 0 radical (unpaired) electrons. The molecule has 1 aliphatic rings. The summed E-state index contributed by atoms with van der Waals surface area (Å²) in [5.74, 6) is 0.829. The summed E-state index contributed by atoms with van der Waals surface area (Å²) in [5, 5.41) is 2.78. The maximum absolute atomic E-state index is 13.2. The average Bonchev–Trinajstić information content (AvgIpc) is 2.78. The molecule has 0 aliphatic carbocycles. The zero-order valence-corrected chi connectivity index (χ0v) is 19.3. The third kappa shape index (κ3) is 6.44. The molecule has 32 heavy (non-hydrogen) atoms. The van der Waals surface area contributed by atoms with Crippen molar-refractivity contribution in [3.05, 3.63) is 48.0 Å². The van der Waals surface area contributed by atoms with Gasteiger partial charge in [0, 0.05) is 25.2 Å². The molecular weight excluding hydrogens is 432 g/mol. The zero-order valence-electron chi connectivity index (χ0n) is 18.5. The molecule has 1 aliphatic heterocycles. The van der Waals surface area contributed by atoms with Crippen LogP contribution in [0, 0.1) is 6.92 Å². The third-order valence-electron chi connectivity index (χ3n) is 4.92. The Kier molecular flexibility index (Phi) is 8.49. The van der Waals surface area contributed by atoms with Gasteiger partial charge >= 0.3 is 0 Å². The van der Waals surface area contributed by atoms with Crippen LogP contribution in [0.3, 0.4) is 0 Å². The molecule has 2 aromatic carbocycles. The Morgan fingerprint density at radius 3 is 2.62 bits per heavy atom. The van der Waals surface area contributed by atoms with Gasteiger partial charge in [0.2, 0.25) is 15.9 Å². The second-order valence-electron chi connectivity index (χ2n) is 7.43. The number of nitrogens with zero attached hydrogens (tertiary/aromatic N) is 1. The van der Waals surface area contributed by atoms with E-state index >= 15 is 0 Å². The van der Waals surface area contributed by atoms with Crippen LogP contribution >= 0.6 is 0 Å². The fraction of sp³-hybridized carbons (Fsp3) is 0.435. The fourth-order valence-electron chi connectivity index (χ4n) is 3.34. The minimum Gasteiger partial charge on any atom is -0.494 e. The number of hydrogen-bond donors (Lipinski definition) is 1. The Morgan fingerprint density at radius 2 is 1.91 bits per heavy atom. The average molecular weight is 463 g/mol. The molecule has 0 aromatic heterocycles. The lowest BCUT2D eigenvalue weighted by Crippen LogP contribution is -2.40. The van der Waals surface area contributed by atoms with Crippen LogP contribution in [0.15, 0.2) is 47.4 Å². The van der Waals surface area contributed by atoms with E-state index in [9.17, 15) is 13.2 Å². The van der Waals surface area contributed by atoms with E-state index in [-0.39, 0.29) is 36.1 Å². The largest absolute Gasteiger partial charge is 0.494 e. The second-order valence-corrected chi connectivity index (χ2v) is 9.33. The van der Waals surface area contributed by atoms with Crippen molar-refractivity contribution in [3.8, 4) is 11.5 Å². The van der Waals surface area contributed by atoms with Gasteiger partial charge in [-0.25, -0.2) is 8.42 Å². The van der Waals surface area contributed by atoms with Crippen molar-refractivity contribution in [1.82, 2.24) is 4.31 Å². The molecule has 0 unspecified atom stereocenters. The molecule has 0 saturated carbocycles. The first kappa shape index (κ1) is 24.0. The molecular formula is C23H30N2O6S. The van der Waals surface area contributed by atoms with Crippen molar-refractivity contribution in [2.45, 2.75) is 31.6 Å². The highest BCUT2D eigenvalue weighted by atomic mass is 32.2. The van der Waals surface area contributed by atoms with Crippen LogP contribution < -0.4 is 14.8 Å². The van der Waals surface area contributed by atoms with E-state index in [0.717, 1.165) is 11.3 Å². The highest BCUT2D eigenvalue weighted by molar-refractivity contribution is 7.89. The Labute approximate surface area is 189 Å². The lowest BCUT2D eigenvalue weighted by Gasteiger charge is -2.27. The van der Waals surface area contributed by atoms with Crippen molar-refractivity contribution >= 4 is 21.6 Å². The van der Waals surface area contributed by atoms with Crippen molar-refractivity contribution < 1.29 is 27.4 Å². The number of anilines is 1. The Hall–Kier alpha value is -2.62. The number of hydrogen-bond acceptors (Lipinski definition) is 6. The van der Waals surface area contributed by atoms with Crippen molar-refractivity contribution in [3.63, 3.8) is 0 Å². The Morgan fingerprint density at radius 1 is 1.12 bits per heavy atom. The number of carbonyl (C=O) groups excluding carboxylic acids is 1. The Bertz CT molecular complexity index is 1020. The molecule has 0 spiro atoms. The number of carbonyl (C=O) groups is 1. The normalized spacial score (nSPS) is 14.7. The smallest absolute Gasteiger partial charge is 0.246 e. The predicted octanol–water partition coefficient (Wildman–Crippen LogP) is 3.21. The van der Waals surface area contributed by atoms with Gasteiger partial charge in [0.25, 0.3) is 0 Å². The number of sulfonamides is 1. The molecule has 0 bridgehead atoms. The van der Waals surface area contributed by atoms with Crippen LogP contribution in [0.25, 0.3) is 0 Å². The van der Waals surface area contributed by atoms with Crippen LogP contribution in [-0.2, 0) is 19.6 Å². The van der Waals surface area contributed by atoms with Crippen LogP contribution in [0.4, 0.5) is 5.69 Å². The number of morpholine rings is 1. The highest BCUT2D eigenvalue weighted by Crippen LogP contribution is 2.30. The Balaban J connectivity index is 1.62. The minimum atomic E-state index is -3.77. The minimum absolute atomic E-state index is 0.0434. The van der Waals surface area contributed by atoms with Gasteiger partial charge in [-0.1, -0.05) is 12.1 Å². The number of rotatable bonds is 10. The molecule has 3 rings (SSSR count). The lowest BCUT2D eigenvalue weighted by atomic mass is 10.2. The summed E-state index contributed by atoms with van der Waals surface area (Å²) in [6.45, 7) is 5.80. The summed E-state index contributed by atoms with van der Waals surface area (Å²) in [6.07, 6.45) is 0.792. The molecule has 1 saturated heterocycles. The van der Waals surface area contributed by atoms with E-state index in [1.807, 2.05) is 31.2 Å². The molecule has 1 heterocycles. The monoisotopic (exact) mass is 462 g/mol. The second kappa shape index (κ2) is 11.3. The number of nitrogens with one attached hydrogen (secondary N) is 1. The van der Waals surface area contributed by atoms with Gasteiger partial charge in [0.15, 0.2) is 0 Å². The first-order chi connectivity index (χ1) is 15.4. The molecule has 1 amide bonds. The predicted molar refractivity (Wildman–Crippen MR) is 122 cm³/mol. The maximum Gasteiger partial charge on any atom is 0.246 e. The summed E-state index contributed by atoms with van der Waals surface area (Å²) in [7, 11) is -3.77. The third-order valence-corrected chi connectivity index (χ3v) is 6.84. The summed E-state index contributed by atoms with van der Waals surface area (Å²) in [6, 6.07) is 12.4. The van der Waals surface area contributed by atoms with Crippen LogP contribution in [0.2, 0.25) is 0 Å². The summed E-state index contributed by atoms with van der Waals surface area (Å²) in [4.78, 5) is 12.4. The van der Waals surface area contributed by atoms with Gasteiger partial charge in [-0.05, 0) is 56.2 Å². The topological polar surface area (TPSA) is 94.2 Å². The van der Waals surface area contributed by atoms with Crippen LogP contribution in [0.5, 0.6) is 11.5 Å². The van der Waals surface area contributed by atoms with Gasteiger partial charge in [0.1, 0.15) is 16.4 Å². The SMILES string of the molecule is CCOc1ccc(NC(=O)CCCOc2cccc(C)c2)cc1S(=O)(=O)N1CCOCC1. The van der Waals surface area contributed by atoms with Crippen molar-refractivity contribution in [2.75, 3.05) is 44.8 Å². The molecule has 1 fully saturated rings. The molecule has 0 atom stereocenters. The van der Waals surface area contributed by atoms with Crippen LogP contribution in [-0.4, -0.2) is 58.1 Å². The van der Waals surface area contributed by atoms with Gasteiger partial charge in [-0.2, -0.15) is 4.31 Å². The van der Waals surface area contributed by atoms with E-state index in [4.69, 9.17) is 14.2 Å². The highest BCUT2D eigenvalue weighted by Gasteiger charge is 2.29. The molecule has 9 heteroatoms. The van der Waals surface area contributed by atoms with Gasteiger partial charge in [-0.3, -0.25) is 4.79 Å². The van der Waals surface area contributed by atoms with E-state index < -0.39 is 10.0 Å². The van der Waals surface area contributed by atoms with E-state index in [1.54, 1.807) is 19.1 Å². The number of benzene rings is 2. The number of ether oxygens (including phenoxy) is 3. The molecule has 2 aromatic rings. The molecule has 174 valence electrons. The first-order valence-electron chi connectivity index (χ1n) is 10.7. The van der Waals surface area contributed by atoms with Gasteiger partial charge < -0.3 is 19.5 Å². The zero-order chi connectivity index (χ0) is 23.0. The standard InChI is InChI=1S/C23H30N2O6S/c1-3-30-21-10-9-19(17-22(21)32(27,28)25-11-14-29-15-12-25)24-23(26)8-5-13-31-20-7-4-6-18(2)16-20/h4,6-7,9-10,16-17H,3,5,8,11-15H2,1-2H3,(H,24,26). The number of aryl methyl sites for hydroxylation is 1. The fourth-order valence-corrected chi connectivity index (χ4v) is 4.90. The first-order valence-corrected chi connectivity index (χ1v) is 12.2. The maximum atomic E-state index is 13.2. The van der Waals surface area contributed by atoms with E-state index in [0.29, 0.717) is 38.5 Å². The van der Waals surface area contributed by atoms with Gasteiger partial charge in [0.05, 0.1) is 26.4 Å². The van der Waals surface area contributed by atoms with E-state index in [2.05, 4.69) is 5.32 Å². The molecule has 8 nitrogen and oxygen atoms in total. The quantitative estimate of drug-likeness (QED) is 0.545. The summed E-state index contributed by atoms with van der Waals surface area (Å²) in [5.41, 5.74) is 1.52. The summed E-state index contributed by atoms with van der Waals surface area (Å²) < 4.78 is 44.1.